The normalized spacial score (nSPS) is 17.2. The van der Waals surface area contributed by atoms with E-state index >= 15 is 0 Å². The quantitative estimate of drug-likeness (QED) is 0.694. The first-order chi connectivity index (χ1) is 8.86. The summed E-state index contributed by atoms with van der Waals surface area (Å²) in [6.45, 7) is 3.01. The summed E-state index contributed by atoms with van der Waals surface area (Å²) in [5.41, 5.74) is 7.42. The third-order valence-electron chi connectivity index (χ3n) is 3.74. The summed E-state index contributed by atoms with van der Waals surface area (Å²) in [5.74, 6) is 0. The number of hydrogen-bond acceptors (Lipinski definition) is 4. The summed E-state index contributed by atoms with van der Waals surface area (Å²) in [6.07, 6.45) is 4.80. The Balaban J connectivity index is 2.12. The van der Waals surface area contributed by atoms with E-state index in [1.165, 1.54) is 31.4 Å². The minimum absolute atomic E-state index is 0.0875. The maximum absolute atomic E-state index is 11.3. The van der Waals surface area contributed by atoms with Crippen LogP contribution in [-0.2, 0) is 10.0 Å². The molecular formula is C13H21N3O2S. The molecule has 5 N–H and O–H groups in total. The monoisotopic (exact) mass is 283 g/mol. The SMILES string of the molecule is CCCC1(CNc2cc(S(N)(=O)=O)ccc2N)CC1. The molecule has 1 aromatic carbocycles. The van der Waals surface area contributed by atoms with Crippen LogP contribution in [0.15, 0.2) is 23.1 Å². The zero-order chi connectivity index (χ0) is 14.1. The lowest BCUT2D eigenvalue weighted by molar-refractivity contribution is 0.486. The van der Waals surface area contributed by atoms with Crippen molar-refractivity contribution in [3.05, 3.63) is 18.2 Å². The van der Waals surface area contributed by atoms with E-state index in [1.54, 1.807) is 6.07 Å². The van der Waals surface area contributed by atoms with Crippen molar-refractivity contribution in [3.63, 3.8) is 0 Å². The molecule has 0 spiro atoms. The van der Waals surface area contributed by atoms with E-state index in [4.69, 9.17) is 10.9 Å². The molecule has 6 heteroatoms. The van der Waals surface area contributed by atoms with E-state index in [2.05, 4.69) is 12.2 Å². The van der Waals surface area contributed by atoms with Crippen molar-refractivity contribution in [2.75, 3.05) is 17.6 Å². The van der Waals surface area contributed by atoms with Crippen molar-refractivity contribution in [2.24, 2.45) is 10.6 Å². The molecule has 0 unspecified atom stereocenters. The van der Waals surface area contributed by atoms with Crippen LogP contribution in [0.3, 0.4) is 0 Å². The van der Waals surface area contributed by atoms with Crippen LogP contribution in [0.4, 0.5) is 11.4 Å². The van der Waals surface area contributed by atoms with Crippen LogP contribution in [0.5, 0.6) is 0 Å². The predicted octanol–water partition coefficient (Wildman–Crippen LogP) is 1.91. The van der Waals surface area contributed by atoms with Gasteiger partial charge in [0.1, 0.15) is 0 Å². The molecule has 106 valence electrons. The first-order valence-corrected chi connectivity index (χ1v) is 8.07. The lowest BCUT2D eigenvalue weighted by Crippen LogP contribution is -2.17. The number of nitrogens with one attached hydrogen (secondary N) is 1. The summed E-state index contributed by atoms with van der Waals surface area (Å²) in [5, 5.41) is 8.39. The van der Waals surface area contributed by atoms with Gasteiger partial charge < -0.3 is 11.1 Å². The molecule has 19 heavy (non-hydrogen) atoms. The van der Waals surface area contributed by atoms with Crippen LogP contribution in [0, 0.1) is 5.41 Å². The number of benzene rings is 1. The standard InChI is InChI=1S/C13H21N3O2S/c1-2-5-13(6-7-13)9-16-12-8-10(19(15,17)18)3-4-11(12)14/h3-4,8,16H,2,5-7,9,14H2,1H3,(H2,15,17,18). The maximum atomic E-state index is 11.3. The summed E-state index contributed by atoms with van der Waals surface area (Å²) < 4.78 is 22.6. The van der Waals surface area contributed by atoms with E-state index in [0.717, 1.165) is 13.0 Å². The van der Waals surface area contributed by atoms with Crippen molar-refractivity contribution in [3.8, 4) is 0 Å². The molecule has 0 heterocycles. The van der Waals surface area contributed by atoms with Crippen molar-refractivity contribution < 1.29 is 8.42 Å². The Labute approximate surface area is 114 Å². The minimum Gasteiger partial charge on any atom is -0.397 e. The van der Waals surface area contributed by atoms with E-state index in [1.807, 2.05) is 0 Å². The highest BCUT2D eigenvalue weighted by Gasteiger charge is 2.41. The van der Waals surface area contributed by atoms with E-state index < -0.39 is 10.0 Å². The molecule has 0 bridgehead atoms. The van der Waals surface area contributed by atoms with Gasteiger partial charge in [-0.15, -0.1) is 0 Å². The van der Waals surface area contributed by atoms with Gasteiger partial charge in [-0.05, 0) is 42.9 Å². The smallest absolute Gasteiger partial charge is 0.238 e. The largest absolute Gasteiger partial charge is 0.397 e. The van der Waals surface area contributed by atoms with Crippen molar-refractivity contribution >= 4 is 21.4 Å². The Hall–Kier alpha value is -1.27. The molecule has 0 radical (unpaired) electrons. The maximum Gasteiger partial charge on any atom is 0.238 e. The van der Waals surface area contributed by atoms with Crippen LogP contribution in [0.1, 0.15) is 32.6 Å². The van der Waals surface area contributed by atoms with Crippen LogP contribution in [-0.4, -0.2) is 15.0 Å². The molecule has 1 fully saturated rings. The Morgan fingerprint density at radius 3 is 2.58 bits per heavy atom. The van der Waals surface area contributed by atoms with E-state index in [0.29, 0.717) is 16.8 Å². The van der Waals surface area contributed by atoms with E-state index in [9.17, 15) is 8.42 Å². The fourth-order valence-corrected chi connectivity index (χ4v) is 2.91. The summed E-state index contributed by atoms with van der Waals surface area (Å²) >= 11 is 0. The fourth-order valence-electron chi connectivity index (χ4n) is 2.37. The lowest BCUT2D eigenvalue weighted by atomic mass is 10.0. The van der Waals surface area contributed by atoms with Crippen molar-refractivity contribution in [1.82, 2.24) is 0 Å². The first kappa shape index (κ1) is 14.1. The second-order valence-electron chi connectivity index (χ2n) is 5.40. The molecule has 0 aromatic heterocycles. The fraction of sp³-hybridized carbons (Fsp3) is 0.538. The number of anilines is 2. The number of nitrogen functional groups attached to an aromatic ring is 1. The van der Waals surface area contributed by atoms with Crippen molar-refractivity contribution in [1.29, 1.82) is 0 Å². The van der Waals surface area contributed by atoms with Crippen LogP contribution >= 0.6 is 0 Å². The third kappa shape index (κ3) is 3.39. The molecule has 1 aliphatic carbocycles. The highest BCUT2D eigenvalue weighted by Crippen LogP contribution is 2.49. The highest BCUT2D eigenvalue weighted by atomic mass is 32.2. The van der Waals surface area contributed by atoms with Crippen LogP contribution in [0.2, 0.25) is 0 Å². The van der Waals surface area contributed by atoms with Gasteiger partial charge >= 0.3 is 0 Å². The van der Waals surface area contributed by atoms with E-state index in [-0.39, 0.29) is 4.90 Å². The Morgan fingerprint density at radius 2 is 2.05 bits per heavy atom. The number of hydrogen-bond donors (Lipinski definition) is 3. The van der Waals surface area contributed by atoms with Gasteiger partial charge in [-0.25, -0.2) is 13.6 Å². The lowest BCUT2D eigenvalue weighted by Gasteiger charge is -2.17. The average molecular weight is 283 g/mol. The van der Waals surface area contributed by atoms with Gasteiger partial charge in [0, 0.05) is 6.54 Å². The van der Waals surface area contributed by atoms with Gasteiger partial charge in [-0.2, -0.15) is 0 Å². The number of rotatable bonds is 6. The Kier molecular flexibility index (Phi) is 3.73. The molecular weight excluding hydrogens is 262 g/mol. The van der Waals surface area contributed by atoms with Gasteiger partial charge in [-0.1, -0.05) is 13.3 Å². The van der Waals surface area contributed by atoms with Gasteiger partial charge in [0.25, 0.3) is 0 Å². The van der Waals surface area contributed by atoms with Crippen molar-refractivity contribution in [2.45, 2.75) is 37.5 Å². The number of nitrogens with two attached hydrogens (primary N) is 2. The molecule has 1 saturated carbocycles. The second kappa shape index (κ2) is 5.02. The van der Waals surface area contributed by atoms with Crippen LogP contribution in [0.25, 0.3) is 0 Å². The van der Waals surface area contributed by atoms with Gasteiger partial charge in [0.2, 0.25) is 10.0 Å². The average Bonchev–Trinajstić information content (AvgIpc) is 3.07. The second-order valence-corrected chi connectivity index (χ2v) is 6.96. The molecule has 0 atom stereocenters. The molecule has 1 aromatic rings. The van der Waals surface area contributed by atoms with Gasteiger partial charge in [0.15, 0.2) is 0 Å². The van der Waals surface area contributed by atoms with Gasteiger partial charge in [-0.3, -0.25) is 0 Å². The number of sulfonamides is 1. The topological polar surface area (TPSA) is 98.2 Å². The predicted molar refractivity (Wildman–Crippen MR) is 77.3 cm³/mol. The number of primary sulfonamides is 1. The summed E-state index contributed by atoms with van der Waals surface area (Å²) in [4.78, 5) is 0.0875. The zero-order valence-corrected chi connectivity index (χ0v) is 12.0. The Bertz CT molecular complexity index is 565. The molecule has 2 rings (SSSR count). The summed E-state index contributed by atoms with van der Waals surface area (Å²) in [7, 11) is -3.69. The molecule has 0 saturated heterocycles. The molecule has 5 nitrogen and oxygen atoms in total. The van der Waals surface area contributed by atoms with Gasteiger partial charge in [0.05, 0.1) is 16.3 Å². The molecule has 1 aliphatic rings. The first-order valence-electron chi connectivity index (χ1n) is 6.52. The summed E-state index contributed by atoms with van der Waals surface area (Å²) in [6, 6.07) is 4.50. The minimum atomic E-state index is -3.69. The zero-order valence-electron chi connectivity index (χ0n) is 11.1. The molecule has 0 amide bonds. The highest BCUT2D eigenvalue weighted by molar-refractivity contribution is 7.89. The van der Waals surface area contributed by atoms with Crippen LogP contribution < -0.4 is 16.2 Å². The molecule has 0 aliphatic heterocycles. The third-order valence-corrected chi connectivity index (χ3v) is 4.66. The Morgan fingerprint density at radius 1 is 1.37 bits per heavy atom.